The molecule has 4 nitrogen and oxygen atoms in total. The Hall–Kier alpha value is -0.160. The Labute approximate surface area is 188 Å². The van der Waals surface area contributed by atoms with Crippen LogP contribution in [0.1, 0.15) is 124 Å². The van der Waals surface area contributed by atoms with Crippen molar-refractivity contribution in [3.8, 4) is 0 Å². The normalized spacial score (nSPS) is 16.8. The molecule has 1 unspecified atom stereocenters. The molecule has 0 saturated heterocycles. The van der Waals surface area contributed by atoms with Gasteiger partial charge in [0.15, 0.2) is 0 Å². The molecule has 0 spiro atoms. The van der Waals surface area contributed by atoms with Gasteiger partial charge in [0.2, 0.25) is 0 Å². The van der Waals surface area contributed by atoms with Crippen LogP contribution in [0.2, 0.25) is 0 Å². The molecule has 4 heteroatoms. The van der Waals surface area contributed by atoms with Gasteiger partial charge in [0, 0.05) is 31.8 Å². The van der Waals surface area contributed by atoms with Gasteiger partial charge in [-0.3, -0.25) is 0 Å². The van der Waals surface area contributed by atoms with Crippen molar-refractivity contribution >= 4 is 0 Å². The first-order valence-corrected chi connectivity index (χ1v) is 13.4. The van der Waals surface area contributed by atoms with E-state index >= 15 is 0 Å². The number of hydrogen-bond acceptors (Lipinski definition) is 4. The lowest BCUT2D eigenvalue weighted by Crippen LogP contribution is -2.47. The lowest BCUT2D eigenvalue weighted by atomic mass is 9.92. The zero-order valence-corrected chi connectivity index (χ0v) is 20.8. The molecular weight excluding hydrogens is 374 g/mol. The summed E-state index contributed by atoms with van der Waals surface area (Å²) in [7, 11) is 0. The standard InChI is InChI=1S/C26H53NO3/c1-5-9-10-11-12-14-19-24(26(28-6-2,29-7-3)30-8-4)20-17-18-23-27-25-21-15-13-16-22-25/h24-25,27H,5-23H2,1-4H3. The molecule has 1 aliphatic carbocycles. The van der Waals surface area contributed by atoms with Crippen LogP contribution in [0.4, 0.5) is 0 Å². The van der Waals surface area contributed by atoms with Gasteiger partial charge in [0.25, 0.3) is 5.97 Å². The second-order valence-electron chi connectivity index (χ2n) is 8.94. The fourth-order valence-electron chi connectivity index (χ4n) is 4.88. The highest BCUT2D eigenvalue weighted by Crippen LogP contribution is 2.34. The van der Waals surface area contributed by atoms with Crippen molar-refractivity contribution in [2.24, 2.45) is 5.92 Å². The summed E-state index contributed by atoms with van der Waals surface area (Å²) in [5.74, 6) is -0.559. The van der Waals surface area contributed by atoms with Gasteiger partial charge in [-0.25, -0.2) is 0 Å². The van der Waals surface area contributed by atoms with Gasteiger partial charge in [-0.1, -0.05) is 71.1 Å². The highest BCUT2D eigenvalue weighted by Gasteiger charge is 2.41. The van der Waals surface area contributed by atoms with Crippen molar-refractivity contribution in [2.75, 3.05) is 26.4 Å². The smallest absolute Gasteiger partial charge is 0.285 e. The largest absolute Gasteiger partial charge is 0.328 e. The predicted octanol–water partition coefficient (Wildman–Crippen LogP) is 7.21. The van der Waals surface area contributed by atoms with E-state index in [1.165, 1.54) is 83.5 Å². The van der Waals surface area contributed by atoms with Crippen LogP contribution in [0.3, 0.4) is 0 Å². The highest BCUT2D eigenvalue weighted by atomic mass is 16.9. The molecule has 30 heavy (non-hydrogen) atoms. The van der Waals surface area contributed by atoms with Crippen molar-refractivity contribution in [3.63, 3.8) is 0 Å². The average molecular weight is 428 g/mol. The third-order valence-corrected chi connectivity index (χ3v) is 6.46. The Bertz CT molecular complexity index is 354. The first kappa shape index (κ1) is 27.9. The van der Waals surface area contributed by atoms with E-state index in [0.29, 0.717) is 25.7 Å². The van der Waals surface area contributed by atoms with Crippen LogP contribution in [0.5, 0.6) is 0 Å². The van der Waals surface area contributed by atoms with Crippen LogP contribution >= 0.6 is 0 Å². The molecule has 1 aliphatic rings. The number of nitrogens with one attached hydrogen (secondary N) is 1. The zero-order chi connectivity index (χ0) is 21.9. The van der Waals surface area contributed by atoms with Crippen LogP contribution in [0.25, 0.3) is 0 Å². The quantitative estimate of drug-likeness (QED) is 0.165. The second-order valence-corrected chi connectivity index (χ2v) is 8.94. The zero-order valence-electron chi connectivity index (χ0n) is 20.8. The summed E-state index contributed by atoms with van der Waals surface area (Å²) in [5, 5.41) is 3.79. The molecule has 0 aliphatic heterocycles. The Morgan fingerprint density at radius 3 is 1.80 bits per heavy atom. The van der Waals surface area contributed by atoms with E-state index < -0.39 is 5.97 Å². The summed E-state index contributed by atoms with van der Waals surface area (Å²) in [6.45, 7) is 11.4. The lowest BCUT2D eigenvalue weighted by molar-refractivity contribution is -0.403. The molecule has 0 aromatic carbocycles. The minimum atomic E-state index is -0.863. The van der Waals surface area contributed by atoms with E-state index in [9.17, 15) is 0 Å². The topological polar surface area (TPSA) is 39.7 Å². The van der Waals surface area contributed by atoms with Gasteiger partial charge in [-0.05, 0) is 59.4 Å². The Balaban J connectivity index is 2.53. The van der Waals surface area contributed by atoms with Crippen molar-refractivity contribution < 1.29 is 14.2 Å². The van der Waals surface area contributed by atoms with Gasteiger partial charge in [-0.2, -0.15) is 0 Å². The minimum absolute atomic E-state index is 0.304. The van der Waals surface area contributed by atoms with E-state index in [2.05, 4.69) is 12.2 Å². The van der Waals surface area contributed by atoms with E-state index in [-0.39, 0.29) is 0 Å². The number of rotatable bonds is 20. The summed E-state index contributed by atoms with van der Waals surface area (Å²) >= 11 is 0. The summed E-state index contributed by atoms with van der Waals surface area (Å²) in [6.07, 6.45) is 19.5. The maximum Gasteiger partial charge on any atom is 0.285 e. The molecular formula is C26H53NO3. The SMILES string of the molecule is CCCCCCCCC(CCCCNC1CCCCC1)C(OCC)(OCC)OCC. The Kier molecular flexibility index (Phi) is 17.1. The maximum atomic E-state index is 6.16. The van der Waals surface area contributed by atoms with Crippen molar-refractivity contribution in [3.05, 3.63) is 0 Å². The first-order valence-electron chi connectivity index (χ1n) is 13.4. The maximum absolute atomic E-state index is 6.16. The van der Waals surface area contributed by atoms with E-state index in [4.69, 9.17) is 14.2 Å². The van der Waals surface area contributed by atoms with Crippen molar-refractivity contribution in [2.45, 2.75) is 136 Å². The monoisotopic (exact) mass is 427 g/mol. The van der Waals surface area contributed by atoms with Gasteiger partial charge in [-0.15, -0.1) is 0 Å². The summed E-state index contributed by atoms with van der Waals surface area (Å²) in [6, 6.07) is 0.757. The second kappa shape index (κ2) is 18.4. The molecule has 180 valence electrons. The van der Waals surface area contributed by atoms with Gasteiger partial charge < -0.3 is 19.5 Å². The average Bonchev–Trinajstić information content (AvgIpc) is 2.75. The predicted molar refractivity (Wildman–Crippen MR) is 128 cm³/mol. The molecule has 0 heterocycles. The molecule has 0 aromatic rings. The molecule has 0 aromatic heterocycles. The number of hydrogen-bond donors (Lipinski definition) is 1. The minimum Gasteiger partial charge on any atom is -0.328 e. The summed E-state index contributed by atoms with van der Waals surface area (Å²) in [5.41, 5.74) is 0. The van der Waals surface area contributed by atoms with Crippen LogP contribution in [0.15, 0.2) is 0 Å². The summed E-state index contributed by atoms with van der Waals surface area (Å²) in [4.78, 5) is 0. The van der Waals surface area contributed by atoms with Gasteiger partial charge in [0.05, 0.1) is 0 Å². The Morgan fingerprint density at radius 2 is 1.23 bits per heavy atom. The number of unbranched alkanes of at least 4 members (excludes halogenated alkanes) is 6. The molecule has 0 amide bonds. The number of ether oxygens (including phenoxy) is 3. The van der Waals surface area contributed by atoms with Gasteiger partial charge >= 0.3 is 0 Å². The third kappa shape index (κ3) is 11.5. The van der Waals surface area contributed by atoms with Crippen LogP contribution in [0, 0.1) is 5.92 Å². The van der Waals surface area contributed by atoms with Gasteiger partial charge in [0.1, 0.15) is 0 Å². The molecule has 1 rings (SSSR count). The fourth-order valence-corrected chi connectivity index (χ4v) is 4.88. The fraction of sp³-hybridized carbons (Fsp3) is 1.00. The van der Waals surface area contributed by atoms with Crippen molar-refractivity contribution in [1.29, 1.82) is 0 Å². The molecule has 1 saturated carbocycles. The van der Waals surface area contributed by atoms with E-state index in [0.717, 1.165) is 25.4 Å². The Morgan fingerprint density at radius 1 is 0.700 bits per heavy atom. The third-order valence-electron chi connectivity index (χ3n) is 6.46. The van der Waals surface area contributed by atoms with Crippen LogP contribution < -0.4 is 5.32 Å². The molecule has 1 fully saturated rings. The highest BCUT2D eigenvalue weighted by molar-refractivity contribution is 4.75. The first-order chi connectivity index (χ1) is 14.7. The van der Waals surface area contributed by atoms with E-state index in [1.807, 2.05) is 20.8 Å². The summed E-state index contributed by atoms with van der Waals surface area (Å²) < 4.78 is 18.5. The molecule has 1 N–H and O–H groups in total. The molecule has 0 bridgehead atoms. The van der Waals surface area contributed by atoms with Crippen molar-refractivity contribution in [1.82, 2.24) is 5.32 Å². The van der Waals surface area contributed by atoms with Crippen LogP contribution in [-0.4, -0.2) is 38.4 Å². The molecule has 1 atom stereocenters. The van der Waals surface area contributed by atoms with Crippen LogP contribution in [-0.2, 0) is 14.2 Å². The van der Waals surface area contributed by atoms with E-state index in [1.54, 1.807) is 0 Å². The lowest BCUT2D eigenvalue weighted by Gasteiger charge is -2.39. The molecule has 0 radical (unpaired) electrons.